The van der Waals surface area contributed by atoms with E-state index in [1.165, 1.54) is 6.33 Å². The molecular weight excluding hydrogens is 366 g/mol. The normalized spacial score (nSPS) is 16.6. The van der Waals surface area contributed by atoms with Gasteiger partial charge in [0.1, 0.15) is 12.7 Å². The summed E-state index contributed by atoms with van der Waals surface area (Å²) in [5, 5.41) is 8.95. The van der Waals surface area contributed by atoms with E-state index in [9.17, 15) is 4.79 Å². The first-order chi connectivity index (χ1) is 14.2. The van der Waals surface area contributed by atoms with E-state index in [4.69, 9.17) is 5.10 Å². The van der Waals surface area contributed by atoms with Crippen LogP contribution in [0.3, 0.4) is 0 Å². The summed E-state index contributed by atoms with van der Waals surface area (Å²) in [6.07, 6.45) is 5.96. The maximum atomic E-state index is 12.8. The molecule has 4 aromatic rings. The molecule has 0 bridgehead atoms. The number of aryl methyl sites for hydroxylation is 1. The van der Waals surface area contributed by atoms with Gasteiger partial charge in [0.15, 0.2) is 5.65 Å². The molecule has 1 amide bonds. The number of carbonyl (C=O) groups is 1. The zero-order valence-electron chi connectivity index (χ0n) is 16.1. The number of hydrogen-bond donors (Lipinski definition) is 0. The number of benzene rings is 1. The van der Waals surface area contributed by atoms with Crippen molar-refractivity contribution in [2.24, 2.45) is 0 Å². The van der Waals surface area contributed by atoms with Crippen LogP contribution in [0.15, 0.2) is 55.2 Å². The van der Waals surface area contributed by atoms with Gasteiger partial charge in [-0.15, -0.1) is 0 Å². The topological polar surface area (TPSA) is 81.2 Å². The van der Waals surface area contributed by atoms with Crippen molar-refractivity contribution in [3.05, 3.63) is 77.8 Å². The zero-order chi connectivity index (χ0) is 19.8. The zero-order valence-corrected chi connectivity index (χ0v) is 16.1. The van der Waals surface area contributed by atoms with Crippen LogP contribution in [0.2, 0.25) is 0 Å². The molecule has 3 aromatic heterocycles. The Morgan fingerprint density at radius 2 is 2.07 bits per heavy atom. The Morgan fingerprint density at radius 1 is 1.21 bits per heavy atom. The average molecular weight is 387 g/mol. The molecule has 0 radical (unpaired) electrons. The minimum absolute atomic E-state index is 0.0851. The Bertz CT molecular complexity index is 1150. The fourth-order valence-electron chi connectivity index (χ4n) is 4.03. The number of nitrogens with zero attached hydrogens (tertiary/aromatic N) is 7. The third-order valence-corrected chi connectivity index (χ3v) is 5.55. The van der Waals surface area contributed by atoms with Gasteiger partial charge < -0.3 is 4.90 Å². The van der Waals surface area contributed by atoms with Crippen molar-refractivity contribution in [2.45, 2.75) is 25.8 Å². The predicted molar refractivity (Wildman–Crippen MR) is 107 cm³/mol. The molecule has 1 saturated heterocycles. The highest BCUT2D eigenvalue weighted by Gasteiger charge is 2.30. The van der Waals surface area contributed by atoms with Crippen LogP contribution in [0.4, 0.5) is 0 Å². The van der Waals surface area contributed by atoms with Crippen LogP contribution in [-0.2, 0) is 6.54 Å². The molecule has 0 spiro atoms. The molecule has 1 unspecified atom stereocenters. The maximum Gasteiger partial charge on any atom is 0.253 e. The highest BCUT2D eigenvalue weighted by Crippen LogP contribution is 2.29. The molecule has 4 heterocycles. The summed E-state index contributed by atoms with van der Waals surface area (Å²) in [6.45, 7) is 4.00. The lowest BCUT2D eigenvalue weighted by atomic mass is 10.0. The molecule has 146 valence electrons. The third-order valence-electron chi connectivity index (χ3n) is 5.55. The lowest BCUT2D eigenvalue weighted by Gasteiger charge is -2.17. The number of amides is 1. The number of fused-ring (bicyclic) bond motifs is 1. The first-order valence-corrected chi connectivity index (χ1v) is 9.70. The first kappa shape index (κ1) is 17.5. The number of likely N-dealkylation sites (tertiary alicyclic amines) is 1. The van der Waals surface area contributed by atoms with Gasteiger partial charge in [-0.3, -0.25) is 4.79 Å². The number of rotatable bonds is 4. The molecular formula is C21H21N7O. The molecule has 0 aliphatic carbocycles. The number of carbonyl (C=O) groups excluding carboxylic acids is 1. The highest BCUT2D eigenvalue weighted by atomic mass is 16.2. The second-order valence-corrected chi connectivity index (χ2v) is 7.36. The van der Waals surface area contributed by atoms with Gasteiger partial charge in [-0.1, -0.05) is 18.2 Å². The monoisotopic (exact) mass is 387 g/mol. The SMILES string of the molecule is Cc1nn2c(C3CCN(C(=O)c4ccccc4)C3)ccnc2c1Cn1cncn1. The van der Waals surface area contributed by atoms with E-state index in [2.05, 4.69) is 15.1 Å². The molecule has 1 aliphatic heterocycles. The van der Waals surface area contributed by atoms with Crippen molar-refractivity contribution in [3.63, 3.8) is 0 Å². The quantitative estimate of drug-likeness (QED) is 0.537. The summed E-state index contributed by atoms with van der Waals surface area (Å²) in [7, 11) is 0. The van der Waals surface area contributed by atoms with Crippen LogP contribution in [0.25, 0.3) is 5.65 Å². The Balaban J connectivity index is 1.43. The van der Waals surface area contributed by atoms with Gasteiger partial charge in [-0.2, -0.15) is 10.2 Å². The van der Waals surface area contributed by atoms with Gasteiger partial charge in [0.05, 0.1) is 17.9 Å². The Kier molecular flexibility index (Phi) is 4.31. The molecule has 8 nitrogen and oxygen atoms in total. The summed E-state index contributed by atoms with van der Waals surface area (Å²) < 4.78 is 3.71. The fraction of sp³-hybridized carbons (Fsp3) is 0.286. The number of aromatic nitrogens is 6. The van der Waals surface area contributed by atoms with Gasteiger partial charge in [0.25, 0.3) is 5.91 Å². The van der Waals surface area contributed by atoms with Crippen molar-refractivity contribution in [1.29, 1.82) is 0 Å². The van der Waals surface area contributed by atoms with Crippen molar-refractivity contribution >= 4 is 11.6 Å². The van der Waals surface area contributed by atoms with Crippen LogP contribution in [0.1, 0.15) is 39.6 Å². The van der Waals surface area contributed by atoms with E-state index in [-0.39, 0.29) is 11.8 Å². The van der Waals surface area contributed by atoms with E-state index in [0.29, 0.717) is 13.1 Å². The molecule has 1 aliphatic rings. The van der Waals surface area contributed by atoms with Gasteiger partial charge in [0.2, 0.25) is 0 Å². The minimum atomic E-state index is 0.0851. The average Bonchev–Trinajstić information content (AvgIpc) is 3.50. The predicted octanol–water partition coefficient (Wildman–Crippen LogP) is 2.31. The molecule has 1 aromatic carbocycles. The van der Waals surface area contributed by atoms with Crippen molar-refractivity contribution in [3.8, 4) is 0 Å². The lowest BCUT2D eigenvalue weighted by Crippen LogP contribution is -2.28. The second-order valence-electron chi connectivity index (χ2n) is 7.36. The second kappa shape index (κ2) is 7.12. The fourth-order valence-corrected chi connectivity index (χ4v) is 4.03. The summed E-state index contributed by atoms with van der Waals surface area (Å²) in [5.74, 6) is 0.314. The Hall–Kier alpha value is -3.55. The molecule has 0 saturated carbocycles. The van der Waals surface area contributed by atoms with Crippen LogP contribution in [0.5, 0.6) is 0 Å². The van der Waals surface area contributed by atoms with Crippen molar-refractivity contribution < 1.29 is 4.79 Å². The minimum Gasteiger partial charge on any atom is -0.338 e. The van der Waals surface area contributed by atoms with E-state index in [1.807, 2.05) is 58.9 Å². The van der Waals surface area contributed by atoms with E-state index >= 15 is 0 Å². The molecule has 5 rings (SSSR count). The lowest BCUT2D eigenvalue weighted by molar-refractivity contribution is 0.0790. The highest BCUT2D eigenvalue weighted by molar-refractivity contribution is 5.94. The van der Waals surface area contributed by atoms with Crippen LogP contribution in [0, 0.1) is 6.92 Å². The molecule has 29 heavy (non-hydrogen) atoms. The van der Waals surface area contributed by atoms with Crippen LogP contribution >= 0.6 is 0 Å². The van der Waals surface area contributed by atoms with Gasteiger partial charge >= 0.3 is 0 Å². The Morgan fingerprint density at radius 3 is 2.86 bits per heavy atom. The van der Waals surface area contributed by atoms with Crippen molar-refractivity contribution in [2.75, 3.05) is 13.1 Å². The maximum absolute atomic E-state index is 12.8. The van der Waals surface area contributed by atoms with Gasteiger partial charge in [0, 0.05) is 36.3 Å². The standard InChI is InChI=1S/C21H21N7O/c1-15-18(12-27-14-22-13-24-27)20-23-9-7-19(28(20)25-15)17-8-10-26(11-17)21(29)16-5-3-2-4-6-16/h2-7,9,13-14,17H,8,10-12H2,1H3. The van der Waals surface area contributed by atoms with Crippen LogP contribution < -0.4 is 0 Å². The van der Waals surface area contributed by atoms with Crippen LogP contribution in [-0.4, -0.2) is 53.3 Å². The smallest absolute Gasteiger partial charge is 0.253 e. The molecule has 8 heteroatoms. The summed E-state index contributed by atoms with van der Waals surface area (Å²) in [5.41, 5.74) is 4.62. The molecule has 0 N–H and O–H groups in total. The van der Waals surface area contributed by atoms with E-state index in [0.717, 1.165) is 41.1 Å². The first-order valence-electron chi connectivity index (χ1n) is 9.70. The largest absolute Gasteiger partial charge is 0.338 e. The molecule has 1 fully saturated rings. The van der Waals surface area contributed by atoms with Gasteiger partial charge in [-0.05, 0) is 31.5 Å². The van der Waals surface area contributed by atoms with E-state index in [1.54, 1.807) is 11.0 Å². The number of hydrogen-bond acceptors (Lipinski definition) is 5. The summed E-state index contributed by atoms with van der Waals surface area (Å²) in [4.78, 5) is 23.3. The summed E-state index contributed by atoms with van der Waals surface area (Å²) in [6, 6.07) is 11.5. The molecule has 1 atom stereocenters. The summed E-state index contributed by atoms with van der Waals surface area (Å²) >= 11 is 0. The van der Waals surface area contributed by atoms with Gasteiger partial charge in [-0.25, -0.2) is 19.2 Å². The van der Waals surface area contributed by atoms with Crippen molar-refractivity contribution in [1.82, 2.24) is 34.3 Å². The van der Waals surface area contributed by atoms with E-state index < -0.39 is 0 Å². The third kappa shape index (κ3) is 3.16. The Labute approximate surface area is 167 Å².